The van der Waals surface area contributed by atoms with Crippen LogP contribution in [-0.2, 0) is 0 Å². The molecule has 0 heterocycles. The average Bonchev–Trinajstić information content (AvgIpc) is 2.76. The Balaban J connectivity index is 2.04. The molecule has 0 aliphatic heterocycles. The first kappa shape index (κ1) is 13.9. The largest absolute Gasteiger partial charge is 0.314 e. The third-order valence-corrected chi connectivity index (χ3v) is 3.56. The van der Waals surface area contributed by atoms with E-state index in [2.05, 4.69) is 36.1 Å². The van der Waals surface area contributed by atoms with Crippen molar-refractivity contribution in [1.82, 2.24) is 15.1 Å². The van der Waals surface area contributed by atoms with Crippen molar-refractivity contribution in [1.29, 1.82) is 0 Å². The first-order valence-electron chi connectivity index (χ1n) is 6.83. The van der Waals surface area contributed by atoms with Crippen LogP contribution in [0.3, 0.4) is 0 Å². The van der Waals surface area contributed by atoms with Gasteiger partial charge in [0, 0.05) is 32.2 Å². The topological polar surface area (TPSA) is 18.5 Å². The van der Waals surface area contributed by atoms with Crippen molar-refractivity contribution >= 4 is 0 Å². The summed E-state index contributed by atoms with van der Waals surface area (Å²) in [6, 6.07) is 0.876. The number of nitrogens with one attached hydrogen (secondary N) is 1. The van der Waals surface area contributed by atoms with Crippen molar-refractivity contribution in [2.45, 2.75) is 38.6 Å². The van der Waals surface area contributed by atoms with Crippen LogP contribution in [0.5, 0.6) is 0 Å². The first-order chi connectivity index (χ1) is 7.74. The second-order valence-electron chi connectivity index (χ2n) is 5.12. The van der Waals surface area contributed by atoms with Gasteiger partial charge in [0.15, 0.2) is 0 Å². The quantitative estimate of drug-likeness (QED) is 0.632. The fourth-order valence-electron chi connectivity index (χ4n) is 2.52. The molecule has 1 rings (SSSR count). The number of likely N-dealkylation sites (N-methyl/N-ethyl adjacent to an activating group) is 2. The molecule has 0 amide bonds. The van der Waals surface area contributed by atoms with Gasteiger partial charge in [-0.2, -0.15) is 0 Å². The maximum Gasteiger partial charge on any atom is 0.0110 e. The second-order valence-corrected chi connectivity index (χ2v) is 5.12. The Kier molecular flexibility index (Phi) is 7.01. The molecule has 0 aromatic heterocycles. The highest BCUT2D eigenvalue weighted by molar-refractivity contribution is 4.77. The molecule has 1 fully saturated rings. The zero-order valence-corrected chi connectivity index (χ0v) is 11.3. The summed E-state index contributed by atoms with van der Waals surface area (Å²) in [6.45, 7) is 8.09. The van der Waals surface area contributed by atoms with Crippen LogP contribution in [0.1, 0.15) is 32.6 Å². The van der Waals surface area contributed by atoms with Crippen LogP contribution in [0.25, 0.3) is 0 Å². The average molecular weight is 227 g/mol. The van der Waals surface area contributed by atoms with Gasteiger partial charge in [-0.25, -0.2) is 0 Å². The molecular formula is C13H29N3. The Morgan fingerprint density at radius 3 is 2.25 bits per heavy atom. The van der Waals surface area contributed by atoms with E-state index in [1.54, 1.807) is 0 Å². The molecule has 0 atom stereocenters. The van der Waals surface area contributed by atoms with Crippen molar-refractivity contribution in [3.8, 4) is 0 Å². The Morgan fingerprint density at radius 2 is 1.69 bits per heavy atom. The molecule has 0 unspecified atom stereocenters. The highest BCUT2D eigenvalue weighted by Gasteiger charge is 2.20. The minimum Gasteiger partial charge on any atom is -0.314 e. The van der Waals surface area contributed by atoms with E-state index in [1.165, 1.54) is 38.8 Å². The maximum absolute atomic E-state index is 3.52. The van der Waals surface area contributed by atoms with Crippen LogP contribution < -0.4 is 5.32 Å². The van der Waals surface area contributed by atoms with Crippen molar-refractivity contribution in [2.75, 3.05) is 46.8 Å². The van der Waals surface area contributed by atoms with Crippen molar-refractivity contribution in [3.05, 3.63) is 0 Å². The zero-order valence-electron chi connectivity index (χ0n) is 11.3. The lowest BCUT2D eigenvalue weighted by atomic mass is 10.2. The van der Waals surface area contributed by atoms with E-state index in [1.807, 2.05) is 0 Å². The summed E-state index contributed by atoms with van der Waals surface area (Å²) in [5.74, 6) is 0. The van der Waals surface area contributed by atoms with E-state index >= 15 is 0 Å². The Bertz CT molecular complexity index is 165. The summed E-state index contributed by atoms with van der Waals surface area (Å²) in [5.41, 5.74) is 0. The van der Waals surface area contributed by atoms with Crippen LogP contribution in [0.15, 0.2) is 0 Å². The Labute approximate surface area is 101 Å². The smallest absolute Gasteiger partial charge is 0.0110 e. The van der Waals surface area contributed by atoms with Gasteiger partial charge >= 0.3 is 0 Å². The summed E-state index contributed by atoms with van der Waals surface area (Å²) < 4.78 is 0. The van der Waals surface area contributed by atoms with Crippen LogP contribution in [-0.4, -0.2) is 62.7 Å². The molecule has 1 N–H and O–H groups in total. The van der Waals surface area contributed by atoms with E-state index in [-0.39, 0.29) is 0 Å². The minimum absolute atomic E-state index is 0.876. The zero-order chi connectivity index (χ0) is 11.8. The molecule has 16 heavy (non-hydrogen) atoms. The summed E-state index contributed by atoms with van der Waals surface area (Å²) in [5, 5.41) is 3.52. The number of hydrogen-bond donors (Lipinski definition) is 1. The third kappa shape index (κ3) is 5.28. The third-order valence-electron chi connectivity index (χ3n) is 3.56. The lowest BCUT2D eigenvalue weighted by Crippen LogP contribution is -2.39. The van der Waals surface area contributed by atoms with E-state index < -0.39 is 0 Å². The maximum atomic E-state index is 3.52. The van der Waals surface area contributed by atoms with Gasteiger partial charge in [-0.1, -0.05) is 19.8 Å². The summed E-state index contributed by atoms with van der Waals surface area (Å²) in [7, 11) is 4.25. The normalized spacial score (nSPS) is 17.8. The predicted octanol–water partition coefficient (Wildman–Crippen LogP) is 1.40. The Morgan fingerprint density at radius 1 is 1.06 bits per heavy atom. The molecule has 1 saturated carbocycles. The van der Waals surface area contributed by atoms with E-state index in [9.17, 15) is 0 Å². The van der Waals surface area contributed by atoms with Gasteiger partial charge in [0.2, 0.25) is 0 Å². The lowest BCUT2D eigenvalue weighted by Gasteiger charge is -2.27. The number of hydrogen-bond acceptors (Lipinski definition) is 3. The summed E-state index contributed by atoms with van der Waals surface area (Å²) >= 11 is 0. The summed E-state index contributed by atoms with van der Waals surface area (Å²) in [6.07, 6.45) is 5.72. The van der Waals surface area contributed by atoms with Crippen LogP contribution in [0, 0.1) is 0 Å². The first-order valence-corrected chi connectivity index (χ1v) is 6.83. The van der Waals surface area contributed by atoms with Gasteiger partial charge in [0.05, 0.1) is 0 Å². The van der Waals surface area contributed by atoms with Crippen molar-refractivity contribution < 1.29 is 0 Å². The molecule has 0 aromatic rings. The minimum atomic E-state index is 0.876. The SMILES string of the molecule is CCN(CCNCCN(C)C)C1CCCC1. The Hall–Kier alpha value is -0.120. The molecule has 0 aromatic carbocycles. The second kappa shape index (κ2) is 8.04. The molecule has 3 heteroatoms. The van der Waals surface area contributed by atoms with Gasteiger partial charge in [-0.05, 0) is 33.5 Å². The molecule has 1 aliphatic carbocycles. The van der Waals surface area contributed by atoms with Gasteiger partial charge in [-0.15, -0.1) is 0 Å². The monoisotopic (exact) mass is 227 g/mol. The van der Waals surface area contributed by atoms with Gasteiger partial charge < -0.3 is 10.2 Å². The fourth-order valence-corrected chi connectivity index (χ4v) is 2.52. The fraction of sp³-hybridized carbons (Fsp3) is 1.00. The molecule has 1 aliphatic rings. The number of nitrogens with zero attached hydrogens (tertiary/aromatic N) is 2. The van der Waals surface area contributed by atoms with Gasteiger partial charge in [0.1, 0.15) is 0 Å². The molecule has 96 valence electrons. The lowest BCUT2D eigenvalue weighted by molar-refractivity contribution is 0.209. The van der Waals surface area contributed by atoms with E-state index in [0.717, 1.165) is 25.7 Å². The molecule has 0 saturated heterocycles. The van der Waals surface area contributed by atoms with Crippen molar-refractivity contribution in [3.63, 3.8) is 0 Å². The van der Waals surface area contributed by atoms with Crippen LogP contribution in [0.4, 0.5) is 0 Å². The van der Waals surface area contributed by atoms with Crippen molar-refractivity contribution in [2.24, 2.45) is 0 Å². The highest BCUT2D eigenvalue weighted by Crippen LogP contribution is 2.22. The molecular weight excluding hydrogens is 198 g/mol. The molecule has 0 spiro atoms. The van der Waals surface area contributed by atoms with E-state index in [0.29, 0.717) is 0 Å². The number of rotatable bonds is 8. The van der Waals surface area contributed by atoms with Crippen LogP contribution in [0.2, 0.25) is 0 Å². The highest BCUT2D eigenvalue weighted by atomic mass is 15.2. The predicted molar refractivity (Wildman–Crippen MR) is 70.9 cm³/mol. The van der Waals surface area contributed by atoms with E-state index in [4.69, 9.17) is 0 Å². The molecule has 0 radical (unpaired) electrons. The van der Waals surface area contributed by atoms with Gasteiger partial charge in [-0.3, -0.25) is 4.90 Å². The molecule has 3 nitrogen and oxygen atoms in total. The standard InChI is InChI=1S/C13H29N3/c1-4-16(13-7-5-6-8-13)12-10-14-9-11-15(2)3/h13-14H,4-12H2,1-3H3. The van der Waals surface area contributed by atoms with Crippen LogP contribution >= 0.6 is 0 Å². The van der Waals surface area contributed by atoms with Gasteiger partial charge in [0.25, 0.3) is 0 Å². The summed E-state index contributed by atoms with van der Waals surface area (Å²) in [4.78, 5) is 4.87. The molecule has 0 bridgehead atoms.